The summed E-state index contributed by atoms with van der Waals surface area (Å²) in [5.74, 6) is 0.271. The maximum Gasteiger partial charge on any atom is 0.511 e. The van der Waals surface area contributed by atoms with Crippen LogP contribution in [0.2, 0.25) is 0 Å². The summed E-state index contributed by atoms with van der Waals surface area (Å²) < 4.78 is 7.85. The fraction of sp³-hybridized carbons (Fsp3) is 0. The van der Waals surface area contributed by atoms with Gasteiger partial charge in [0.25, 0.3) is 0 Å². The number of aromatic nitrogens is 1. The summed E-state index contributed by atoms with van der Waals surface area (Å²) in [5.41, 5.74) is 0. The lowest BCUT2D eigenvalue weighted by atomic mass is 10.7. The topological polar surface area (TPSA) is 59.4 Å². The third kappa shape index (κ3) is 1.69. The second-order valence-corrected chi connectivity index (χ2v) is 1.89. The Hall–Kier alpha value is -1.10. The Labute approximate surface area is 54.9 Å². The zero-order chi connectivity index (χ0) is 6.69. The predicted octanol–water partition coefficient (Wildman–Crippen LogP) is 1.20. The van der Waals surface area contributed by atoms with Crippen LogP contribution in [0.3, 0.4) is 0 Å². The molecule has 0 amide bonds. The molecule has 0 bridgehead atoms. The summed E-state index contributed by atoms with van der Waals surface area (Å²) in [6.07, 6.45) is 0.0360. The molecule has 5 heteroatoms. The molecule has 0 unspecified atom stereocenters. The second kappa shape index (κ2) is 2.45. The Morgan fingerprint density at radius 2 is 2.67 bits per heavy atom. The molecule has 0 saturated carbocycles. The smallest absolute Gasteiger partial charge is 0.449 e. The summed E-state index contributed by atoms with van der Waals surface area (Å²) in [6, 6.07) is 0. The van der Waals surface area contributed by atoms with Gasteiger partial charge in [0, 0.05) is 0 Å². The van der Waals surface area contributed by atoms with Gasteiger partial charge in [-0.05, 0) is 11.5 Å². The SMILES string of the molecule is O=C(O)Oc1cnsc1. The van der Waals surface area contributed by atoms with Crippen molar-refractivity contribution in [3.8, 4) is 5.75 Å². The fourth-order valence-corrected chi connectivity index (χ4v) is 0.785. The average Bonchev–Trinajstić information content (AvgIpc) is 2.15. The Morgan fingerprint density at radius 3 is 3.11 bits per heavy atom. The molecule has 1 aromatic rings. The first-order valence-corrected chi connectivity index (χ1v) is 2.93. The molecule has 0 spiro atoms. The van der Waals surface area contributed by atoms with E-state index in [-0.39, 0.29) is 5.75 Å². The van der Waals surface area contributed by atoms with Crippen LogP contribution in [0.15, 0.2) is 11.6 Å². The van der Waals surface area contributed by atoms with Crippen molar-refractivity contribution in [2.75, 3.05) is 0 Å². The normalized spacial score (nSPS) is 8.89. The van der Waals surface area contributed by atoms with Crippen LogP contribution in [0.5, 0.6) is 5.75 Å². The van der Waals surface area contributed by atoms with Gasteiger partial charge in [-0.3, -0.25) is 0 Å². The Morgan fingerprint density at radius 1 is 1.89 bits per heavy atom. The van der Waals surface area contributed by atoms with Gasteiger partial charge in [-0.15, -0.1) is 0 Å². The highest BCUT2D eigenvalue weighted by atomic mass is 32.1. The molecule has 1 heterocycles. The highest BCUT2D eigenvalue weighted by Gasteiger charge is 1.99. The molecule has 9 heavy (non-hydrogen) atoms. The molecule has 1 N–H and O–H groups in total. The maximum absolute atomic E-state index is 9.82. The van der Waals surface area contributed by atoms with E-state index in [0.29, 0.717) is 0 Å². The van der Waals surface area contributed by atoms with Gasteiger partial charge in [-0.25, -0.2) is 4.79 Å². The van der Waals surface area contributed by atoms with Gasteiger partial charge in [0.1, 0.15) is 0 Å². The van der Waals surface area contributed by atoms with Gasteiger partial charge in [0.15, 0.2) is 5.75 Å². The van der Waals surface area contributed by atoms with E-state index >= 15 is 0 Å². The van der Waals surface area contributed by atoms with Crippen LogP contribution >= 0.6 is 11.5 Å². The number of carboxylic acid groups (broad SMARTS) is 1. The standard InChI is InChI=1S/C4H3NO3S/c6-4(7)8-3-1-5-9-2-3/h1-2H,(H,6,7). The largest absolute Gasteiger partial charge is 0.511 e. The zero-order valence-corrected chi connectivity index (χ0v) is 5.09. The molecule has 0 atom stereocenters. The Bertz CT molecular complexity index is 196. The Balaban J connectivity index is 2.58. The molecule has 4 nitrogen and oxygen atoms in total. The van der Waals surface area contributed by atoms with Crippen LogP contribution in [0.1, 0.15) is 0 Å². The van der Waals surface area contributed by atoms with Crippen LogP contribution < -0.4 is 4.74 Å². The first kappa shape index (κ1) is 6.03. The lowest BCUT2D eigenvalue weighted by molar-refractivity contribution is 0.144. The zero-order valence-electron chi connectivity index (χ0n) is 4.27. The van der Waals surface area contributed by atoms with Crippen molar-refractivity contribution in [2.24, 2.45) is 0 Å². The molecular formula is C4H3NO3S. The molecule has 0 aliphatic heterocycles. The number of hydrogen-bond acceptors (Lipinski definition) is 4. The van der Waals surface area contributed by atoms with Crippen LogP contribution in [0.4, 0.5) is 4.79 Å². The number of ether oxygens (including phenoxy) is 1. The van der Waals surface area contributed by atoms with E-state index in [1.54, 1.807) is 0 Å². The summed E-state index contributed by atoms with van der Waals surface area (Å²) >= 11 is 1.14. The van der Waals surface area contributed by atoms with Crippen molar-refractivity contribution in [2.45, 2.75) is 0 Å². The molecule has 1 aromatic heterocycles. The van der Waals surface area contributed by atoms with E-state index in [9.17, 15) is 4.79 Å². The molecule has 0 saturated heterocycles. The molecule has 0 aliphatic carbocycles. The van der Waals surface area contributed by atoms with Gasteiger partial charge in [0.2, 0.25) is 0 Å². The second-order valence-electron chi connectivity index (χ2n) is 1.23. The van der Waals surface area contributed by atoms with E-state index in [2.05, 4.69) is 9.11 Å². The molecule has 1 rings (SSSR count). The highest BCUT2D eigenvalue weighted by Crippen LogP contribution is 2.10. The van der Waals surface area contributed by atoms with Gasteiger partial charge in [-0.2, -0.15) is 4.37 Å². The van der Waals surface area contributed by atoms with Gasteiger partial charge in [0.05, 0.1) is 11.6 Å². The van der Waals surface area contributed by atoms with Gasteiger partial charge >= 0.3 is 6.16 Å². The van der Waals surface area contributed by atoms with Crippen molar-refractivity contribution in [3.05, 3.63) is 11.6 Å². The minimum atomic E-state index is -1.31. The van der Waals surface area contributed by atoms with Crippen LogP contribution in [0, 0.1) is 0 Å². The lowest BCUT2D eigenvalue weighted by Gasteiger charge is -1.89. The van der Waals surface area contributed by atoms with Crippen molar-refractivity contribution < 1.29 is 14.6 Å². The summed E-state index contributed by atoms with van der Waals surface area (Å²) in [5, 5.41) is 9.55. The lowest BCUT2D eigenvalue weighted by Crippen LogP contribution is -2.01. The number of hydrogen-bond donors (Lipinski definition) is 1. The van der Waals surface area contributed by atoms with Crippen molar-refractivity contribution in [1.29, 1.82) is 0 Å². The first-order valence-electron chi connectivity index (χ1n) is 2.09. The van der Waals surface area contributed by atoms with Gasteiger partial charge < -0.3 is 9.84 Å². The highest BCUT2D eigenvalue weighted by molar-refractivity contribution is 7.03. The Kier molecular flexibility index (Phi) is 1.64. The average molecular weight is 145 g/mol. The molecule has 48 valence electrons. The van der Waals surface area contributed by atoms with Crippen LogP contribution in [-0.2, 0) is 0 Å². The molecule has 0 aromatic carbocycles. The van der Waals surface area contributed by atoms with Crippen molar-refractivity contribution in [1.82, 2.24) is 4.37 Å². The maximum atomic E-state index is 9.82. The fourth-order valence-electron chi connectivity index (χ4n) is 0.346. The molecular weight excluding hydrogens is 142 g/mol. The van der Waals surface area contributed by atoms with E-state index < -0.39 is 6.16 Å². The monoisotopic (exact) mass is 145 g/mol. The van der Waals surface area contributed by atoms with Crippen molar-refractivity contribution in [3.63, 3.8) is 0 Å². The van der Waals surface area contributed by atoms with Crippen LogP contribution in [-0.4, -0.2) is 15.6 Å². The summed E-state index contributed by atoms with van der Waals surface area (Å²) in [4.78, 5) is 9.82. The minimum Gasteiger partial charge on any atom is -0.449 e. The van der Waals surface area contributed by atoms with E-state index in [0.717, 1.165) is 11.5 Å². The number of rotatable bonds is 1. The summed E-state index contributed by atoms with van der Waals surface area (Å²) in [7, 11) is 0. The molecule has 0 radical (unpaired) electrons. The van der Waals surface area contributed by atoms with Gasteiger partial charge in [-0.1, -0.05) is 0 Å². The van der Waals surface area contributed by atoms with E-state index in [4.69, 9.17) is 5.11 Å². The molecule has 0 fully saturated rings. The van der Waals surface area contributed by atoms with Crippen LogP contribution in [0.25, 0.3) is 0 Å². The first-order chi connectivity index (χ1) is 4.29. The quantitative estimate of drug-likeness (QED) is 0.603. The third-order valence-corrected chi connectivity index (χ3v) is 1.18. The van der Waals surface area contributed by atoms with E-state index in [1.165, 1.54) is 11.6 Å². The van der Waals surface area contributed by atoms with Crippen molar-refractivity contribution >= 4 is 17.7 Å². The third-order valence-electron chi connectivity index (χ3n) is 0.615. The summed E-state index contributed by atoms with van der Waals surface area (Å²) in [6.45, 7) is 0. The number of nitrogens with zero attached hydrogens (tertiary/aromatic N) is 1. The minimum absolute atomic E-state index is 0.271. The van der Waals surface area contributed by atoms with E-state index in [1.807, 2.05) is 0 Å². The number of carbonyl (C=O) groups is 1. The molecule has 0 aliphatic rings. The predicted molar refractivity (Wildman–Crippen MR) is 30.8 cm³/mol.